The van der Waals surface area contributed by atoms with Gasteiger partial charge in [0.15, 0.2) is 9.84 Å². The van der Waals surface area contributed by atoms with Crippen molar-refractivity contribution in [2.45, 2.75) is 45.1 Å². The summed E-state index contributed by atoms with van der Waals surface area (Å²) in [5.74, 6) is -0.144. The van der Waals surface area contributed by atoms with Gasteiger partial charge in [0.25, 0.3) is 5.91 Å². The molecule has 3 heterocycles. The molecular formula is C17H21N3O3S2. The predicted octanol–water partition coefficient (Wildman–Crippen LogP) is 1.98. The first-order chi connectivity index (χ1) is 11.9. The fourth-order valence-corrected chi connectivity index (χ4v) is 6.68. The number of hydrogen-bond donors (Lipinski definition) is 2. The van der Waals surface area contributed by atoms with Crippen molar-refractivity contribution >= 4 is 43.0 Å². The molecule has 0 radical (unpaired) electrons. The van der Waals surface area contributed by atoms with E-state index in [-0.39, 0.29) is 23.5 Å². The lowest BCUT2D eigenvalue weighted by Gasteiger charge is -2.18. The number of sulfone groups is 1. The fourth-order valence-electron chi connectivity index (χ4n) is 3.93. The van der Waals surface area contributed by atoms with Gasteiger partial charge in [0, 0.05) is 17.1 Å². The number of amides is 1. The van der Waals surface area contributed by atoms with Crippen LogP contribution >= 0.6 is 11.3 Å². The molecule has 1 aliphatic heterocycles. The van der Waals surface area contributed by atoms with Gasteiger partial charge in [-0.05, 0) is 50.2 Å². The molecule has 1 atom stereocenters. The second kappa shape index (κ2) is 5.95. The summed E-state index contributed by atoms with van der Waals surface area (Å²) >= 11 is 1.30. The molecule has 0 saturated carbocycles. The molecule has 25 heavy (non-hydrogen) atoms. The van der Waals surface area contributed by atoms with E-state index in [9.17, 15) is 13.2 Å². The number of carbonyl (C=O) groups excluding carboxylic acids is 1. The Kier molecular flexibility index (Phi) is 3.99. The third kappa shape index (κ3) is 2.91. The molecule has 0 aromatic carbocycles. The first kappa shape index (κ1) is 16.8. The zero-order valence-electron chi connectivity index (χ0n) is 14.1. The van der Waals surface area contributed by atoms with Crippen LogP contribution in [0.3, 0.4) is 0 Å². The van der Waals surface area contributed by atoms with Crippen LogP contribution in [0.25, 0.3) is 10.2 Å². The minimum absolute atomic E-state index is 0.0102. The van der Waals surface area contributed by atoms with E-state index in [1.165, 1.54) is 22.5 Å². The molecule has 134 valence electrons. The minimum Gasteiger partial charge on any atom is -0.397 e. The molecular weight excluding hydrogens is 358 g/mol. The second-order valence-corrected chi connectivity index (χ2v) is 10.2. The highest BCUT2D eigenvalue weighted by Gasteiger charge is 2.31. The molecule has 2 aromatic rings. The van der Waals surface area contributed by atoms with Crippen molar-refractivity contribution < 1.29 is 13.2 Å². The number of pyridine rings is 1. The van der Waals surface area contributed by atoms with E-state index in [4.69, 9.17) is 5.73 Å². The van der Waals surface area contributed by atoms with Crippen LogP contribution in [0.1, 0.15) is 45.8 Å². The van der Waals surface area contributed by atoms with Gasteiger partial charge >= 0.3 is 0 Å². The lowest BCUT2D eigenvalue weighted by Crippen LogP contribution is -2.35. The van der Waals surface area contributed by atoms with E-state index in [0.717, 1.165) is 41.6 Å². The smallest absolute Gasteiger partial charge is 0.263 e. The van der Waals surface area contributed by atoms with Crippen LogP contribution in [0.15, 0.2) is 0 Å². The Morgan fingerprint density at radius 3 is 2.68 bits per heavy atom. The number of fused-ring (bicyclic) bond motifs is 3. The number of carbonyl (C=O) groups is 1. The first-order valence-electron chi connectivity index (χ1n) is 8.57. The number of aromatic nitrogens is 1. The van der Waals surface area contributed by atoms with E-state index >= 15 is 0 Å². The van der Waals surface area contributed by atoms with E-state index in [0.29, 0.717) is 17.0 Å². The van der Waals surface area contributed by atoms with Crippen LogP contribution < -0.4 is 11.1 Å². The molecule has 0 bridgehead atoms. The third-order valence-corrected chi connectivity index (χ3v) is 8.04. The minimum atomic E-state index is -3.03. The summed E-state index contributed by atoms with van der Waals surface area (Å²) < 4.78 is 23.2. The van der Waals surface area contributed by atoms with E-state index < -0.39 is 9.84 Å². The van der Waals surface area contributed by atoms with Crippen molar-refractivity contribution in [3.63, 3.8) is 0 Å². The Hall–Kier alpha value is -1.67. The summed E-state index contributed by atoms with van der Waals surface area (Å²) in [6.07, 6.45) is 4.74. The van der Waals surface area contributed by atoms with Crippen molar-refractivity contribution in [3.05, 3.63) is 21.7 Å². The van der Waals surface area contributed by atoms with Crippen molar-refractivity contribution in [2.75, 3.05) is 17.2 Å². The van der Waals surface area contributed by atoms with Gasteiger partial charge in [-0.25, -0.2) is 13.4 Å². The molecule has 8 heteroatoms. The summed E-state index contributed by atoms with van der Waals surface area (Å²) in [5, 5.41) is 3.76. The zero-order chi connectivity index (χ0) is 17.8. The molecule has 6 nitrogen and oxygen atoms in total. The average molecular weight is 380 g/mol. The Morgan fingerprint density at radius 1 is 1.28 bits per heavy atom. The van der Waals surface area contributed by atoms with Crippen molar-refractivity contribution in [1.29, 1.82) is 0 Å². The zero-order valence-corrected chi connectivity index (χ0v) is 15.7. The predicted molar refractivity (Wildman–Crippen MR) is 99.9 cm³/mol. The van der Waals surface area contributed by atoms with Gasteiger partial charge in [-0.3, -0.25) is 4.79 Å². The topological polar surface area (TPSA) is 102 Å². The number of nitrogens with one attached hydrogen (secondary N) is 1. The average Bonchev–Trinajstić information content (AvgIpc) is 3.07. The van der Waals surface area contributed by atoms with Gasteiger partial charge in [-0.1, -0.05) is 0 Å². The van der Waals surface area contributed by atoms with Crippen molar-refractivity contribution in [3.8, 4) is 0 Å². The van der Waals surface area contributed by atoms with Crippen LogP contribution in [0.2, 0.25) is 0 Å². The number of nitrogen functional groups attached to an aromatic ring is 1. The van der Waals surface area contributed by atoms with Gasteiger partial charge < -0.3 is 11.1 Å². The summed E-state index contributed by atoms with van der Waals surface area (Å²) in [4.78, 5) is 18.6. The van der Waals surface area contributed by atoms with Crippen molar-refractivity contribution in [2.24, 2.45) is 0 Å². The van der Waals surface area contributed by atoms with Crippen LogP contribution in [-0.2, 0) is 22.7 Å². The molecule has 2 aromatic heterocycles. The molecule has 4 rings (SSSR count). The molecule has 1 saturated heterocycles. The highest BCUT2D eigenvalue weighted by molar-refractivity contribution is 7.91. The van der Waals surface area contributed by atoms with Gasteiger partial charge in [-0.15, -0.1) is 11.3 Å². The van der Waals surface area contributed by atoms with Gasteiger partial charge in [0.1, 0.15) is 9.71 Å². The van der Waals surface area contributed by atoms with Gasteiger partial charge in [-0.2, -0.15) is 0 Å². The molecule has 1 aliphatic carbocycles. The van der Waals surface area contributed by atoms with Crippen LogP contribution in [-0.4, -0.2) is 36.9 Å². The number of aryl methyl sites for hydroxylation is 2. The van der Waals surface area contributed by atoms with E-state index in [1.807, 2.05) is 6.92 Å². The largest absolute Gasteiger partial charge is 0.397 e. The van der Waals surface area contributed by atoms with Gasteiger partial charge in [0.2, 0.25) is 0 Å². The maximum atomic E-state index is 12.7. The normalized spacial score (nSPS) is 22.0. The quantitative estimate of drug-likeness (QED) is 0.831. The number of thiophene rings is 1. The van der Waals surface area contributed by atoms with E-state index in [1.54, 1.807) is 0 Å². The Balaban J connectivity index is 1.71. The standard InChI is InChI=1S/C17H21N3O3S2/c1-9-11-4-2-3-5-12(11)13-14(18)15(24-17(13)19-9)16(21)20-10-6-7-25(22,23)8-10/h10H,2-8,18H2,1H3,(H,20,21). The number of nitrogens with two attached hydrogens (primary N) is 1. The Bertz CT molecular complexity index is 979. The van der Waals surface area contributed by atoms with Crippen LogP contribution in [0, 0.1) is 6.92 Å². The van der Waals surface area contributed by atoms with E-state index in [2.05, 4.69) is 10.3 Å². The number of hydrogen-bond acceptors (Lipinski definition) is 6. The lowest BCUT2D eigenvalue weighted by atomic mass is 9.89. The SMILES string of the molecule is Cc1nc2sc(C(=O)NC3CCS(=O)(=O)C3)c(N)c2c2c1CCCC2. The highest BCUT2D eigenvalue weighted by Crippen LogP contribution is 2.39. The summed E-state index contributed by atoms with van der Waals surface area (Å²) in [7, 11) is -3.03. The van der Waals surface area contributed by atoms with Gasteiger partial charge in [0.05, 0.1) is 17.2 Å². The molecule has 2 aliphatic rings. The Morgan fingerprint density at radius 2 is 2.00 bits per heavy atom. The molecule has 0 spiro atoms. The maximum Gasteiger partial charge on any atom is 0.263 e. The Labute approximate surface area is 150 Å². The van der Waals surface area contributed by atoms with Crippen LogP contribution in [0.4, 0.5) is 5.69 Å². The first-order valence-corrected chi connectivity index (χ1v) is 11.2. The summed E-state index contributed by atoms with van der Waals surface area (Å²) in [5.41, 5.74) is 10.4. The summed E-state index contributed by atoms with van der Waals surface area (Å²) in [6.45, 7) is 2.02. The summed E-state index contributed by atoms with van der Waals surface area (Å²) in [6, 6.07) is -0.328. The molecule has 3 N–H and O–H groups in total. The second-order valence-electron chi connectivity index (χ2n) is 6.96. The number of rotatable bonds is 2. The van der Waals surface area contributed by atoms with Crippen molar-refractivity contribution in [1.82, 2.24) is 10.3 Å². The molecule has 1 fully saturated rings. The number of anilines is 1. The lowest BCUT2D eigenvalue weighted by molar-refractivity contribution is 0.0946. The molecule has 1 amide bonds. The monoisotopic (exact) mass is 379 g/mol. The van der Waals surface area contributed by atoms with Crippen LogP contribution in [0.5, 0.6) is 0 Å². The third-order valence-electron chi connectivity index (χ3n) is 5.18. The number of nitrogens with zero attached hydrogens (tertiary/aromatic N) is 1. The maximum absolute atomic E-state index is 12.7. The highest BCUT2D eigenvalue weighted by atomic mass is 32.2. The molecule has 1 unspecified atom stereocenters. The fraction of sp³-hybridized carbons (Fsp3) is 0.529.